The highest BCUT2D eigenvalue weighted by Crippen LogP contribution is 2.16. The second kappa shape index (κ2) is 8.97. The minimum Gasteiger partial charge on any atom is -0.452 e. The average molecular weight is 416 g/mol. The molecule has 1 saturated heterocycles. The third-order valence-corrected chi connectivity index (χ3v) is 6.08. The third kappa shape index (κ3) is 5.49. The lowest BCUT2D eigenvalue weighted by Crippen LogP contribution is -2.51. The van der Waals surface area contributed by atoms with Gasteiger partial charge in [-0.2, -0.15) is 4.31 Å². The van der Waals surface area contributed by atoms with Crippen LogP contribution in [0.25, 0.3) is 0 Å². The zero-order valence-electron chi connectivity index (χ0n) is 16.3. The van der Waals surface area contributed by atoms with Gasteiger partial charge in [0.1, 0.15) is 12.4 Å². The van der Waals surface area contributed by atoms with Gasteiger partial charge in [-0.3, -0.25) is 9.59 Å². The molecule has 0 aromatic heterocycles. The summed E-state index contributed by atoms with van der Waals surface area (Å²) >= 11 is 0. The van der Waals surface area contributed by atoms with Crippen molar-refractivity contribution in [2.45, 2.75) is 44.0 Å². The third-order valence-electron chi connectivity index (χ3n) is 4.26. The van der Waals surface area contributed by atoms with Crippen LogP contribution in [-0.4, -0.2) is 74.5 Å². The number of nitrogens with zero attached hydrogens (tertiary/aromatic N) is 2. The maximum absolute atomic E-state index is 13.0. The molecule has 1 aromatic rings. The van der Waals surface area contributed by atoms with Gasteiger partial charge >= 0.3 is 5.97 Å². The molecule has 1 heterocycles. The van der Waals surface area contributed by atoms with Crippen LogP contribution >= 0.6 is 0 Å². The molecule has 1 aromatic carbocycles. The fraction of sp³-hybridized carbons (Fsp3) is 0.556. The lowest BCUT2D eigenvalue weighted by atomic mass is 10.2. The molecule has 0 N–H and O–H groups in total. The fourth-order valence-corrected chi connectivity index (χ4v) is 4.07. The number of ether oxygens (including phenoxy) is 2. The van der Waals surface area contributed by atoms with Gasteiger partial charge in [0.25, 0.3) is 5.91 Å². The summed E-state index contributed by atoms with van der Waals surface area (Å²) in [4.78, 5) is 26.0. The van der Waals surface area contributed by atoms with Crippen LogP contribution in [0.4, 0.5) is 4.39 Å². The van der Waals surface area contributed by atoms with Crippen LogP contribution in [0.2, 0.25) is 0 Å². The first kappa shape index (κ1) is 22.3. The number of rotatable bonds is 6. The minimum atomic E-state index is -3.99. The summed E-state index contributed by atoms with van der Waals surface area (Å²) in [5, 5.41) is 0. The second-order valence-corrected chi connectivity index (χ2v) is 8.89. The first-order valence-corrected chi connectivity index (χ1v) is 10.3. The van der Waals surface area contributed by atoms with E-state index in [1.165, 1.54) is 14.0 Å². The van der Waals surface area contributed by atoms with E-state index in [0.717, 1.165) is 28.6 Å². The summed E-state index contributed by atoms with van der Waals surface area (Å²) in [6.45, 7) is 5.35. The maximum atomic E-state index is 13.0. The van der Waals surface area contributed by atoms with Crippen molar-refractivity contribution in [1.82, 2.24) is 9.21 Å². The molecule has 0 saturated carbocycles. The van der Waals surface area contributed by atoms with Crippen LogP contribution in [0.5, 0.6) is 0 Å². The van der Waals surface area contributed by atoms with Crippen molar-refractivity contribution in [2.75, 3.05) is 26.7 Å². The number of carbonyl (C=O) groups excluding carboxylic acids is 2. The summed E-state index contributed by atoms with van der Waals surface area (Å²) < 4.78 is 49.3. The van der Waals surface area contributed by atoms with Crippen molar-refractivity contribution in [2.24, 2.45) is 0 Å². The number of morpholine rings is 1. The van der Waals surface area contributed by atoms with Crippen molar-refractivity contribution in [3.05, 3.63) is 30.1 Å². The van der Waals surface area contributed by atoms with Gasteiger partial charge in [0.05, 0.1) is 17.1 Å². The first-order valence-electron chi connectivity index (χ1n) is 8.86. The van der Waals surface area contributed by atoms with Crippen molar-refractivity contribution in [1.29, 1.82) is 0 Å². The minimum absolute atomic E-state index is 0.123. The monoisotopic (exact) mass is 416 g/mol. The molecule has 8 nitrogen and oxygen atoms in total. The van der Waals surface area contributed by atoms with Crippen LogP contribution in [0.1, 0.15) is 20.8 Å². The molecule has 1 fully saturated rings. The topological polar surface area (TPSA) is 93.2 Å². The Kier molecular flexibility index (Phi) is 7.13. The van der Waals surface area contributed by atoms with E-state index >= 15 is 0 Å². The Hall–Kier alpha value is -2.04. The van der Waals surface area contributed by atoms with E-state index in [0.29, 0.717) is 13.1 Å². The van der Waals surface area contributed by atoms with Crippen molar-refractivity contribution >= 4 is 21.9 Å². The SMILES string of the molecule is CC1CN(C(=O)C(C)OC(=O)CN(C)S(=O)(=O)c2ccc(F)cc2)CC(C)O1. The molecule has 0 radical (unpaired) electrons. The van der Waals surface area contributed by atoms with Crippen molar-refractivity contribution in [3.8, 4) is 0 Å². The average Bonchev–Trinajstić information content (AvgIpc) is 2.60. The summed E-state index contributed by atoms with van der Waals surface area (Å²) in [6.07, 6.45) is -1.29. The van der Waals surface area contributed by atoms with Gasteiger partial charge < -0.3 is 14.4 Å². The number of esters is 1. The number of hydrogen-bond acceptors (Lipinski definition) is 6. The molecule has 28 heavy (non-hydrogen) atoms. The number of halogens is 1. The molecule has 2 rings (SSSR count). The number of likely N-dealkylation sites (N-methyl/N-ethyl adjacent to an activating group) is 1. The Labute approximate surface area is 164 Å². The van der Waals surface area contributed by atoms with E-state index in [9.17, 15) is 22.4 Å². The molecule has 3 unspecified atom stereocenters. The molecular formula is C18H25FN2O6S. The lowest BCUT2D eigenvalue weighted by Gasteiger charge is -2.36. The Morgan fingerprint density at radius 2 is 1.79 bits per heavy atom. The smallest absolute Gasteiger partial charge is 0.322 e. The molecule has 1 amide bonds. The Morgan fingerprint density at radius 3 is 2.32 bits per heavy atom. The highest BCUT2D eigenvalue weighted by molar-refractivity contribution is 7.89. The predicted octanol–water partition coefficient (Wildman–Crippen LogP) is 1.01. The van der Waals surface area contributed by atoms with Gasteiger partial charge in [-0.1, -0.05) is 0 Å². The largest absolute Gasteiger partial charge is 0.452 e. The number of amides is 1. The Morgan fingerprint density at radius 1 is 1.25 bits per heavy atom. The van der Waals surface area contributed by atoms with Crippen molar-refractivity contribution < 1.29 is 31.9 Å². The molecule has 0 bridgehead atoms. The standard InChI is InChI=1S/C18H25FN2O6S/c1-12-9-21(10-13(2)26-12)18(23)14(3)27-17(22)11-20(4)28(24,25)16-7-5-15(19)6-8-16/h5-8,12-14H,9-11H2,1-4H3. The molecule has 156 valence electrons. The van der Waals surface area contributed by atoms with Crippen LogP contribution in [0.3, 0.4) is 0 Å². The second-order valence-electron chi connectivity index (χ2n) is 6.85. The van der Waals surface area contributed by atoms with E-state index in [4.69, 9.17) is 9.47 Å². The van der Waals surface area contributed by atoms with Gasteiger partial charge in [-0.15, -0.1) is 0 Å². The molecule has 3 atom stereocenters. The molecule has 1 aliphatic rings. The molecular weight excluding hydrogens is 391 g/mol. The Bertz CT molecular complexity index is 804. The summed E-state index contributed by atoms with van der Waals surface area (Å²) in [5.41, 5.74) is 0. The highest BCUT2D eigenvalue weighted by Gasteiger charge is 2.31. The van der Waals surface area contributed by atoms with Gasteiger partial charge in [-0.05, 0) is 45.0 Å². The van der Waals surface area contributed by atoms with Gasteiger partial charge in [0.2, 0.25) is 10.0 Å². The quantitative estimate of drug-likeness (QED) is 0.643. The van der Waals surface area contributed by atoms with E-state index in [1.54, 1.807) is 4.90 Å². The van der Waals surface area contributed by atoms with Gasteiger partial charge in [0, 0.05) is 20.1 Å². The zero-order chi connectivity index (χ0) is 21.1. The van der Waals surface area contributed by atoms with Crippen LogP contribution < -0.4 is 0 Å². The highest BCUT2D eigenvalue weighted by atomic mass is 32.2. The first-order chi connectivity index (χ1) is 13.0. The van der Waals surface area contributed by atoms with E-state index in [-0.39, 0.29) is 23.0 Å². The van der Waals surface area contributed by atoms with Crippen LogP contribution in [-0.2, 0) is 29.1 Å². The Balaban J connectivity index is 1.95. The summed E-state index contributed by atoms with van der Waals surface area (Å²) in [6, 6.07) is 4.26. The molecule has 0 spiro atoms. The van der Waals surface area contributed by atoms with Crippen LogP contribution in [0, 0.1) is 5.82 Å². The number of carbonyl (C=O) groups is 2. The normalized spacial score (nSPS) is 21.4. The van der Waals surface area contributed by atoms with Crippen LogP contribution in [0.15, 0.2) is 29.2 Å². The van der Waals surface area contributed by atoms with E-state index in [1.807, 2.05) is 13.8 Å². The molecule has 1 aliphatic heterocycles. The number of hydrogen-bond donors (Lipinski definition) is 0. The number of benzene rings is 1. The lowest BCUT2D eigenvalue weighted by molar-refractivity contribution is -0.164. The van der Waals surface area contributed by atoms with Gasteiger partial charge in [0.15, 0.2) is 6.10 Å². The predicted molar refractivity (Wildman–Crippen MR) is 98.4 cm³/mol. The summed E-state index contributed by atoms with van der Waals surface area (Å²) in [7, 11) is -2.78. The van der Waals surface area contributed by atoms with Gasteiger partial charge in [-0.25, -0.2) is 12.8 Å². The fourth-order valence-electron chi connectivity index (χ4n) is 2.95. The molecule has 10 heteroatoms. The van der Waals surface area contributed by atoms with Crippen molar-refractivity contribution in [3.63, 3.8) is 0 Å². The molecule has 0 aliphatic carbocycles. The summed E-state index contributed by atoms with van der Waals surface area (Å²) in [5.74, 6) is -1.79. The zero-order valence-corrected chi connectivity index (χ0v) is 17.1. The number of sulfonamides is 1. The maximum Gasteiger partial charge on any atom is 0.322 e. The van der Waals surface area contributed by atoms with E-state index < -0.39 is 34.5 Å². The van der Waals surface area contributed by atoms with E-state index in [2.05, 4.69) is 0 Å².